The van der Waals surface area contributed by atoms with E-state index in [1.165, 1.54) is 11.3 Å². The van der Waals surface area contributed by atoms with Gasteiger partial charge in [-0.25, -0.2) is 4.98 Å². The number of ether oxygens (including phenoxy) is 2. The molecule has 0 radical (unpaired) electrons. The maximum absolute atomic E-state index is 13.4. The zero-order valence-corrected chi connectivity index (χ0v) is 19.5. The van der Waals surface area contributed by atoms with Gasteiger partial charge in [-0.15, -0.1) is 12.4 Å². The number of morpholine rings is 1. The molecule has 0 spiro atoms. The van der Waals surface area contributed by atoms with Crippen LogP contribution in [0.2, 0.25) is 0 Å². The van der Waals surface area contributed by atoms with E-state index in [0.29, 0.717) is 42.6 Å². The highest BCUT2D eigenvalue weighted by molar-refractivity contribution is 7.22. The number of hydrogen-bond donors (Lipinski definition) is 0. The summed E-state index contributed by atoms with van der Waals surface area (Å²) >= 11 is 1.48. The van der Waals surface area contributed by atoms with Gasteiger partial charge in [0, 0.05) is 31.7 Å². The number of thiazole rings is 1. The minimum absolute atomic E-state index is 0. The molecule has 1 aliphatic heterocycles. The number of benzene rings is 2. The zero-order valence-electron chi connectivity index (χ0n) is 17.8. The van der Waals surface area contributed by atoms with Crippen molar-refractivity contribution in [2.75, 3.05) is 50.9 Å². The Kier molecular flexibility index (Phi) is 8.42. The molecule has 0 saturated carbocycles. The molecule has 0 aliphatic carbocycles. The van der Waals surface area contributed by atoms with Gasteiger partial charge in [0.25, 0.3) is 5.91 Å². The Morgan fingerprint density at radius 1 is 1.25 bits per heavy atom. The second kappa shape index (κ2) is 11.2. The highest BCUT2D eigenvalue weighted by atomic mass is 35.5. The van der Waals surface area contributed by atoms with Crippen molar-refractivity contribution in [2.24, 2.45) is 0 Å². The molecule has 0 unspecified atom stereocenters. The van der Waals surface area contributed by atoms with Crippen molar-refractivity contribution >= 4 is 45.0 Å². The van der Waals surface area contributed by atoms with E-state index < -0.39 is 0 Å². The van der Waals surface area contributed by atoms with Gasteiger partial charge in [0.05, 0.1) is 41.7 Å². The molecule has 7 nitrogen and oxygen atoms in total. The fraction of sp³-hybridized carbons (Fsp3) is 0.348. The number of rotatable bonds is 7. The summed E-state index contributed by atoms with van der Waals surface area (Å²) in [5.41, 5.74) is 1.91. The quantitative estimate of drug-likeness (QED) is 0.517. The topological polar surface area (TPSA) is 78.7 Å². The molecule has 3 aromatic rings. The minimum Gasteiger partial charge on any atom is -0.494 e. The maximum Gasteiger partial charge on any atom is 0.260 e. The van der Waals surface area contributed by atoms with Crippen LogP contribution in [0, 0.1) is 11.3 Å². The zero-order chi connectivity index (χ0) is 21.6. The first kappa shape index (κ1) is 24.0. The number of halogens is 1. The monoisotopic (exact) mass is 472 g/mol. The lowest BCUT2D eigenvalue weighted by molar-refractivity contribution is 0.0391. The summed E-state index contributed by atoms with van der Waals surface area (Å²) < 4.78 is 12.0. The summed E-state index contributed by atoms with van der Waals surface area (Å²) in [5, 5.41) is 9.70. The Bertz CT molecular complexity index is 1090. The van der Waals surface area contributed by atoms with E-state index in [1.807, 2.05) is 25.1 Å². The maximum atomic E-state index is 13.4. The first-order chi connectivity index (χ1) is 15.2. The second-order valence-corrected chi connectivity index (χ2v) is 8.17. The minimum atomic E-state index is -0.123. The van der Waals surface area contributed by atoms with Gasteiger partial charge in [-0.1, -0.05) is 11.3 Å². The molecule has 1 saturated heterocycles. The first-order valence-corrected chi connectivity index (χ1v) is 11.1. The van der Waals surface area contributed by atoms with E-state index in [4.69, 9.17) is 19.7 Å². The molecule has 9 heteroatoms. The van der Waals surface area contributed by atoms with E-state index in [0.717, 1.165) is 35.6 Å². The van der Waals surface area contributed by atoms with Crippen molar-refractivity contribution in [3.05, 3.63) is 53.6 Å². The number of anilines is 1. The van der Waals surface area contributed by atoms with Crippen LogP contribution in [0.3, 0.4) is 0 Å². The first-order valence-electron chi connectivity index (χ1n) is 10.3. The summed E-state index contributed by atoms with van der Waals surface area (Å²) in [6, 6.07) is 14.6. The molecular weight excluding hydrogens is 448 g/mol. The average molecular weight is 473 g/mol. The van der Waals surface area contributed by atoms with Crippen molar-refractivity contribution in [3.63, 3.8) is 0 Å². The molecule has 1 amide bonds. The molecule has 2 aromatic carbocycles. The molecule has 0 atom stereocenters. The highest BCUT2D eigenvalue weighted by Gasteiger charge is 2.23. The molecule has 0 bridgehead atoms. The van der Waals surface area contributed by atoms with Gasteiger partial charge < -0.3 is 9.47 Å². The molecule has 1 aromatic heterocycles. The predicted octanol–water partition coefficient (Wildman–Crippen LogP) is 3.97. The van der Waals surface area contributed by atoms with Crippen LogP contribution in [-0.2, 0) is 4.74 Å². The van der Waals surface area contributed by atoms with Gasteiger partial charge in [-0.3, -0.25) is 14.6 Å². The lowest BCUT2D eigenvalue weighted by Gasteiger charge is -2.29. The number of nitriles is 1. The van der Waals surface area contributed by atoms with Gasteiger partial charge in [0.1, 0.15) is 5.75 Å². The molecule has 168 valence electrons. The van der Waals surface area contributed by atoms with Crippen molar-refractivity contribution in [1.29, 1.82) is 5.26 Å². The number of fused-ring (bicyclic) bond motifs is 1. The summed E-state index contributed by atoms with van der Waals surface area (Å²) in [7, 11) is 0. The van der Waals surface area contributed by atoms with Crippen molar-refractivity contribution in [3.8, 4) is 11.8 Å². The van der Waals surface area contributed by atoms with Gasteiger partial charge in [0.2, 0.25) is 0 Å². The van der Waals surface area contributed by atoms with Crippen LogP contribution in [0.15, 0.2) is 42.5 Å². The summed E-state index contributed by atoms with van der Waals surface area (Å²) in [5.74, 6) is 0.672. The summed E-state index contributed by atoms with van der Waals surface area (Å²) in [6.45, 7) is 6.96. The summed E-state index contributed by atoms with van der Waals surface area (Å²) in [6.07, 6.45) is 0. The number of carbonyl (C=O) groups is 1. The van der Waals surface area contributed by atoms with Gasteiger partial charge in [0.15, 0.2) is 5.13 Å². The third-order valence-corrected chi connectivity index (χ3v) is 6.18. The fourth-order valence-electron chi connectivity index (χ4n) is 3.46. The largest absolute Gasteiger partial charge is 0.494 e. The van der Waals surface area contributed by atoms with E-state index in [-0.39, 0.29) is 18.3 Å². The molecule has 2 heterocycles. The lowest BCUT2D eigenvalue weighted by atomic mass is 10.1. The molecule has 1 fully saturated rings. The predicted molar refractivity (Wildman–Crippen MR) is 128 cm³/mol. The molecule has 1 aliphatic rings. The SMILES string of the molecule is CCOc1ccc2nc(N(CCN3CCOCC3)C(=O)c3ccc(C#N)cc3)sc2c1.Cl. The molecular formula is C23H25ClN4O3S. The molecule has 4 rings (SSSR count). The highest BCUT2D eigenvalue weighted by Crippen LogP contribution is 2.32. The third-order valence-electron chi connectivity index (χ3n) is 5.14. The van der Waals surface area contributed by atoms with Crippen molar-refractivity contribution < 1.29 is 14.3 Å². The third kappa shape index (κ3) is 5.56. The number of aromatic nitrogens is 1. The lowest BCUT2D eigenvalue weighted by Crippen LogP contribution is -2.43. The molecule has 0 N–H and O–H groups in total. The van der Waals surface area contributed by atoms with Crippen molar-refractivity contribution in [2.45, 2.75) is 6.92 Å². The van der Waals surface area contributed by atoms with E-state index in [1.54, 1.807) is 29.2 Å². The van der Waals surface area contributed by atoms with Crippen LogP contribution in [0.1, 0.15) is 22.8 Å². The van der Waals surface area contributed by atoms with Crippen LogP contribution in [0.4, 0.5) is 5.13 Å². The van der Waals surface area contributed by atoms with E-state index >= 15 is 0 Å². The Morgan fingerprint density at radius 2 is 2.00 bits per heavy atom. The van der Waals surface area contributed by atoms with Crippen molar-refractivity contribution in [1.82, 2.24) is 9.88 Å². The van der Waals surface area contributed by atoms with Crippen LogP contribution >= 0.6 is 23.7 Å². The van der Waals surface area contributed by atoms with Gasteiger partial charge in [-0.05, 0) is 49.4 Å². The smallest absolute Gasteiger partial charge is 0.260 e. The standard InChI is InChI=1S/C23H24N4O3S.ClH/c1-2-30-19-7-8-20-21(15-19)31-23(25-20)27(10-9-26-11-13-29-14-12-26)22(28)18-5-3-17(16-24)4-6-18;/h3-8,15H,2,9-14H2,1H3;1H. The Labute approximate surface area is 197 Å². The van der Waals surface area contributed by atoms with E-state index in [2.05, 4.69) is 11.0 Å². The van der Waals surface area contributed by atoms with Crippen LogP contribution in [0.5, 0.6) is 5.75 Å². The Hall–Kier alpha value is -2.70. The van der Waals surface area contributed by atoms with Crippen LogP contribution in [-0.4, -0.2) is 61.8 Å². The number of carbonyl (C=O) groups excluding carboxylic acids is 1. The normalized spacial score (nSPS) is 13.9. The Morgan fingerprint density at radius 3 is 2.69 bits per heavy atom. The van der Waals surface area contributed by atoms with E-state index in [9.17, 15) is 4.79 Å². The van der Waals surface area contributed by atoms with Gasteiger partial charge in [-0.2, -0.15) is 5.26 Å². The number of hydrogen-bond acceptors (Lipinski definition) is 7. The summed E-state index contributed by atoms with van der Waals surface area (Å²) in [4.78, 5) is 22.2. The average Bonchev–Trinajstić information content (AvgIpc) is 3.23. The Balaban J connectivity index is 0.00000289. The van der Waals surface area contributed by atoms with Crippen LogP contribution in [0.25, 0.3) is 10.2 Å². The number of amides is 1. The second-order valence-electron chi connectivity index (χ2n) is 7.16. The van der Waals surface area contributed by atoms with Gasteiger partial charge >= 0.3 is 0 Å². The fourth-order valence-corrected chi connectivity index (χ4v) is 4.48. The van der Waals surface area contributed by atoms with Crippen LogP contribution < -0.4 is 9.64 Å². The number of nitrogens with zero attached hydrogens (tertiary/aromatic N) is 4. The molecule has 32 heavy (non-hydrogen) atoms.